The molecule has 0 radical (unpaired) electrons. The minimum absolute atomic E-state index is 0.0655. The summed E-state index contributed by atoms with van der Waals surface area (Å²) in [6.07, 6.45) is 1.74. The number of sulfonamides is 1. The summed E-state index contributed by atoms with van der Waals surface area (Å²) >= 11 is 4.90. The van der Waals surface area contributed by atoms with Crippen molar-refractivity contribution in [3.05, 3.63) is 29.8 Å². The summed E-state index contributed by atoms with van der Waals surface area (Å²) < 4.78 is 33.0. The summed E-state index contributed by atoms with van der Waals surface area (Å²) in [5, 5.41) is 0. The van der Waals surface area contributed by atoms with Crippen molar-refractivity contribution in [3.8, 4) is 0 Å². The summed E-state index contributed by atoms with van der Waals surface area (Å²) in [6.45, 7) is 2.48. The van der Waals surface area contributed by atoms with Crippen LogP contribution in [0.5, 0.6) is 0 Å². The van der Waals surface area contributed by atoms with Crippen LogP contribution in [0.1, 0.15) is 25.3 Å². The Morgan fingerprint density at radius 3 is 2.80 bits per heavy atom. The van der Waals surface area contributed by atoms with E-state index in [1.807, 2.05) is 0 Å². The first-order chi connectivity index (χ1) is 9.42. The van der Waals surface area contributed by atoms with Gasteiger partial charge in [-0.1, -0.05) is 30.4 Å². The van der Waals surface area contributed by atoms with Gasteiger partial charge >= 0.3 is 0 Å². The Morgan fingerprint density at radius 1 is 1.50 bits per heavy atom. The van der Waals surface area contributed by atoms with Crippen LogP contribution in [0.4, 0.5) is 0 Å². The minimum Gasteiger partial charge on any atom is -0.389 e. The van der Waals surface area contributed by atoms with Crippen molar-refractivity contribution in [3.63, 3.8) is 0 Å². The Hall–Kier alpha value is -1.02. The van der Waals surface area contributed by atoms with E-state index in [0.717, 1.165) is 12.8 Å². The standard InChI is InChI=1S/C13H18N2O3S2/c1-9(11-6-4-8-18-11)15-20(16,17)12-7-3-2-5-10(12)13(14)19/h2-3,5,7,9,11,15H,4,6,8H2,1H3,(H2,14,19). The molecule has 1 saturated heterocycles. The first kappa shape index (κ1) is 15.4. The van der Waals surface area contributed by atoms with Crippen molar-refractivity contribution < 1.29 is 13.2 Å². The zero-order chi connectivity index (χ0) is 14.8. The highest BCUT2D eigenvalue weighted by Crippen LogP contribution is 2.19. The van der Waals surface area contributed by atoms with E-state index in [9.17, 15) is 8.42 Å². The maximum absolute atomic E-state index is 12.4. The van der Waals surface area contributed by atoms with Gasteiger partial charge in [0, 0.05) is 18.2 Å². The van der Waals surface area contributed by atoms with E-state index in [-0.39, 0.29) is 22.0 Å². The van der Waals surface area contributed by atoms with E-state index in [1.165, 1.54) is 6.07 Å². The van der Waals surface area contributed by atoms with Crippen molar-refractivity contribution >= 4 is 27.2 Å². The molecule has 110 valence electrons. The molecule has 0 amide bonds. The van der Waals surface area contributed by atoms with E-state index in [4.69, 9.17) is 22.7 Å². The molecule has 1 fully saturated rings. The second-order valence-corrected chi connectivity index (χ2v) is 6.94. The van der Waals surface area contributed by atoms with Crippen LogP contribution in [0.25, 0.3) is 0 Å². The molecule has 0 bridgehead atoms. The molecule has 1 heterocycles. The maximum atomic E-state index is 12.4. The predicted octanol–water partition coefficient (Wildman–Crippen LogP) is 1.17. The predicted molar refractivity (Wildman–Crippen MR) is 81.1 cm³/mol. The van der Waals surface area contributed by atoms with E-state index < -0.39 is 10.0 Å². The Kier molecular flexibility index (Phi) is 4.74. The summed E-state index contributed by atoms with van der Waals surface area (Å²) in [7, 11) is -3.67. The zero-order valence-corrected chi connectivity index (χ0v) is 12.8. The fraction of sp³-hybridized carbons (Fsp3) is 0.462. The molecule has 0 spiro atoms. The largest absolute Gasteiger partial charge is 0.389 e. The van der Waals surface area contributed by atoms with E-state index >= 15 is 0 Å². The number of ether oxygens (including phenoxy) is 1. The number of hydrogen-bond acceptors (Lipinski definition) is 4. The lowest BCUT2D eigenvalue weighted by Crippen LogP contribution is -2.41. The van der Waals surface area contributed by atoms with Gasteiger partial charge in [0.25, 0.3) is 0 Å². The summed E-state index contributed by atoms with van der Waals surface area (Å²) in [5.74, 6) is 0. The zero-order valence-electron chi connectivity index (χ0n) is 11.2. The lowest BCUT2D eigenvalue weighted by Gasteiger charge is -2.20. The molecule has 7 heteroatoms. The van der Waals surface area contributed by atoms with Crippen LogP contribution in [0.15, 0.2) is 29.2 Å². The Morgan fingerprint density at radius 2 is 2.20 bits per heavy atom. The van der Waals surface area contributed by atoms with Crippen molar-refractivity contribution in [2.24, 2.45) is 5.73 Å². The lowest BCUT2D eigenvalue weighted by atomic mass is 10.1. The van der Waals surface area contributed by atoms with Crippen LogP contribution in [-0.4, -0.2) is 32.2 Å². The Balaban J connectivity index is 2.24. The Labute approximate surface area is 124 Å². The highest BCUT2D eigenvalue weighted by Gasteiger charge is 2.28. The summed E-state index contributed by atoms with van der Waals surface area (Å²) in [6, 6.07) is 6.17. The molecule has 2 atom stereocenters. The van der Waals surface area contributed by atoms with E-state index in [2.05, 4.69) is 4.72 Å². The molecule has 5 nitrogen and oxygen atoms in total. The first-order valence-electron chi connectivity index (χ1n) is 6.44. The molecule has 20 heavy (non-hydrogen) atoms. The van der Waals surface area contributed by atoms with Gasteiger partial charge in [0.2, 0.25) is 10.0 Å². The number of thiocarbonyl (C=S) groups is 1. The molecule has 0 saturated carbocycles. The Bertz CT molecular complexity index is 595. The third-order valence-electron chi connectivity index (χ3n) is 3.31. The van der Waals surface area contributed by atoms with Crippen molar-refractivity contribution in [1.29, 1.82) is 0 Å². The average molecular weight is 314 g/mol. The van der Waals surface area contributed by atoms with Crippen LogP contribution in [-0.2, 0) is 14.8 Å². The quantitative estimate of drug-likeness (QED) is 0.797. The van der Waals surface area contributed by atoms with Gasteiger partial charge in [-0.05, 0) is 25.8 Å². The normalized spacial score (nSPS) is 20.8. The number of hydrogen-bond donors (Lipinski definition) is 2. The number of nitrogens with one attached hydrogen (secondary N) is 1. The lowest BCUT2D eigenvalue weighted by molar-refractivity contribution is 0.0902. The SMILES string of the molecule is CC(NS(=O)(=O)c1ccccc1C(N)=S)C1CCCO1. The van der Waals surface area contributed by atoms with Crippen molar-refractivity contribution in [1.82, 2.24) is 4.72 Å². The van der Waals surface area contributed by atoms with Crippen LogP contribution in [0, 0.1) is 0 Å². The molecule has 1 aromatic carbocycles. The van der Waals surface area contributed by atoms with Gasteiger partial charge in [0.05, 0.1) is 11.0 Å². The summed E-state index contributed by atoms with van der Waals surface area (Å²) in [5.41, 5.74) is 5.93. The molecule has 0 aromatic heterocycles. The minimum atomic E-state index is -3.67. The number of nitrogens with two attached hydrogens (primary N) is 1. The van der Waals surface area contributed by atoms with Crippen molar-refractivity contribution in [2.45, 2.75) is 36.8 Å². The third-order valence-corrected chi connectivity index (χ3v) is 5.14. The van der Waals surface area contributed by atoms with E-state index in [1.54, 1.807) is 25.1 Å². The molecule has 1 aliphatic rings. The molecule has 1 aliphatic heterocycles. The molecule has 1 aromatic rings. The molecular weight excluding hydrogens is 296 g/mol. The van der Waals surface area contributed by atoms with Gasteiger partial charge in [-0.2, -0.15) is 0 Å². The highest BCUT2D eigenvalue weighted by atomic mass is 32.2. The van der Waals surface area contributed by atoms with Gasteiger partial charge in [-0.15, -0.1) is 0 Å². The molecule has 2 unspecified atom stereocenters. The fourth-order valence-corrected chi connectivity index (χ4v) is 4.02. The summed E-state index contributed by atoms with van der Waals surface area (Å²) in [4.78, 5) is 0.174. The second-order valence-electron chi connectivity index (χ2n) is 4.82. The number of rotatable bonds is 5. The monoisotopic (exact) mass is 314 g/mol. The smallest absolute Gasteiger partial charge is 0.241 e. The van der Waals surface area contributed by atoms with Crippen LogP contribution < -0.4 is 10.5 Å². The fourth-order valence-electron chi connectivity index (χ4n) is 2.29. The van der Waals surface area contributed by atoms with E-state index in [0.29, 0.717) is 12.2 Å². The maximum Gasteiger partial charge on any atom is 0.241 e. The third kappa shape index (κ3) is 3.35. The molecule has 0 aliphatic carbocycles. The van der Waals surface area contributed by atoms with Crippen LogP contribution >= 0.6 is 12.2 Å². The van der Waals surface area contributed by atoms with Gasteiger partial charge in [-0.25, -0.2) is 13.1 Å². The van der Waals surface area contributed by atoms with Gasteiger partial charge in [0.1, 0.15) is 4.99 Å². The molecular formula is C13H18N2O3S2. The van der Waals surface area contributed by atoms with Crippen molar-refractivity contribution in [2.75, 3.05) is 6.61 Å². The topological polar surface area (TPSA) is 81.4 Å². The van der Waals surface area contributed by atoms with Crippen LogP contribution in [0.2, 0.25) is 0 Å². The average Bonchev–Trinajstić information content (AvgIpc) is 2.92. The van der Waals surface area contributed by atoms with Gasteiger partial charge in [-0.3, -0.25) is 0 Å². The van der Waals surface area contributed by atoms with Gasteiger partial charge in [0.15, 0.2) is 0 Å². The van der Waals surface area contributed by atoms with Gasteiger partial charge < -0.3 is 10.5 Å². The van der Waals surface area contributed by atoms with Crippen LogP contribution in [0.3, 0.4) is 0 Å². The number of benzene rings is 1. The first-order valence-corrected chi connectivity index (χ1v) is 8.34. The second kappa shape index (κ2) is 6.17. The molecule has 3 N–H and O–H groups in total. The molecule has 2 rings (SSSR count). The highest BCUT2D eigenvalue weighted by molar-refractivity contribution is 7.89.